The molecule has 2 rings (SSSR count). The first-order valence-electron chi connectivity index (χ1n) is 6.07. The van der Waals surface area contributed by atoms with Crippen LogP contribution in [0.5, 0.6) is 0 Å². The molecule has 1 fully saturated rings. The van der Waals surface area contributed by atoms with E-state index in [4.69, 9.17) is 5.11 Å². The van der Waals surface area contributed by atoms with E-state index >= 15 is 0 Å². The Morgan fingerprint density at radius 3 is 2.39 bits per heavy atom. The molecule has 0 saturated carbocycles. The Hall–Kier alpha value is -1.36. The van der Waals surface area contributed by atoms with Crippen molar-refractivity contribution < 1.29 is 14.7 Å². The molecule has 1 aromatic heterocycles. The lowest BCUT2D eigenvalue weighted by atomic mass is 9.96. The van der Waals surface area contributed by atoms with Crippen molar-refractivity contribution in [1.82, 2.24) is 4.90 Å². The molecule has 1 amide bonds. The minimum Gasteiger partial charge on any atom is -0.481 e. The molecule has 1 N–H and O–H groups in total. The van der Waals surface area contributed by atoms with Crippen molar-refractivity contribution in [3.8, 4) is 0 Å². The van der Waals surface area contributed by atoms with Gasteiger partial charge in [-0.3, -0.25) is 9.59 Å². The molecule has 0 aromatic carbocycles. The van der Waals surface area contributed by atoms with E-state index in [1.54, 1.807) is 16.2 Å². The molecule has 5 heteroatoms. The number of aliphatic carboxylic acids is 1. The van der Waals surface area contributed by atoms with Crippen LogP contribution in [0.4, 0.5) is 0 Å². The van der Waals surface area contributed by atoms with E-state index in [9.17, 15) is 9.59 Å². The molecular weight excluding hydrogens is 250 g/mol. The van der Waals surface area contributed by atoms with Crippen LogP contribution in [0, 0.1) is 19.8 Å². The number of thiophene rings is 1. The third-order valence-corrected chi connectivity index (χ3v) is 4.66. The molecule has 18 heavy (non-hydrogen) atoms. The molecule has 0 radical (unpaired) electrons. The number of hydrogen-bond donors (Lipinski definition) is 1. The SMILES string of the molecule is Cc1scc(C(=O)N2CCC(C(=O)O)CC2)c1C. The molecule has 0 unspecified atom stereocenters. The Balaban J connectivity index is 2.04. The van der Waals surface area contributed by atoms with Gasteiger partial charge in [0.1, 0.15) is 0 Å². The van der Waals surface area contributed by atoms with Gasteiger partial charge in [-0.05, 0) is 32.3 Å². The number of amides is 1. The Labute approximate surface area is 110 Å². The van der Waals surface area contributed by atoms with Gasteiger partial charge in [-0.15, -0.1) is 11.3 Å². The van der Waals surface area contributed by atoms with Crippen LogP contribution in [0.25, 0.3) is 0 Å². The maximum Gasteiger partial charge on any atom is 0.306 e. The first-order chi connectivity index (χ1) is 8.50. The minimum atomic E-state index is -0.746. The number of carboxylic acid groups (broad SMARTS) is 1. The minimum absolute atomic E-state index is 0.0423. The van der Waals surface area contributed by atoms with Crippen LogP contribution in [0.3, 0.4) is 0 Å². The summed E-state index contributed by atoms with van der Waals surface area (Å²) in [4.78, 5) is 26.1. The van der Waals surface area contributed by atoms with Crippen LogP contribution in [-0.4, -0.2) is 35.0 Å². The normalized spacial score (nSPS) is 16.9. The molecular formula is C13H17NO3S. The summed E-state index contributed by atoms with van der Waals surface area (Å²) in [6.07, 6.45) is 1.12. The molecule has 0 atom stereocenters. The molecule has 0 aliphatic carbocycles. The largest absolute Gasteiger partial charge is 0.481 e. The zero-order chi connectivity index (χ0) is 13.3. The van der Waals surface area contributed by atoms with Gasteiger partial charge in [0.2, 0.25) is 0 Å². The topological polar surface area (TPSA) is 57.6 Å². The zero-order valence-electron chi connectivity index (χ0n) is 10.6. The molecule has 1 saturated heterocycles. The lowest BCUT2D eigenvalue weighted by molar-refractivity contribution is -0.143. The van der Waals surface area contributed by atoms with Gasteiger partial charge in [-0.25, -0.2) is 0 Å². The number of carboxylic acids is 1. The maximum absolute atomic E-state index is 12.3. The van der Waals surface area contributed by atoms with Crippen LogP contribution in [0.15, 0.2) is 5.38 Å². The summed E-state index contributed by atoms with van der Waals surface area (Å²) in [5.74, 6) is -0.996. The molecule has 1 aliphatic heterocycles. The molecule has 0 spiro atoms. The molecule has 1 aromatic rings. The highest BCUT2D eigenvalue weighted by Crippen LogP contribution is 2.24. The van der Waals surface area contributed by atoms with E-state index in [2.05, 4.69) is 0 Å². The van der Waals surface area contributed by atoms with Crippen LogP contribution in [0.1, 0.15) is 33.6 Å². The van der Waals surface area contributed by atoms with Crippen molar-refractivity contribution in [2.45, 2.75) is 26.7 Å². The smallest absolute Gasteiger partial charge is 0.306 e. The average molecular weight is 267 g/mol. The van der Waals surface area contributed by atoms with Gasteiger partial charge in [0.05, 0.1) is 11.5 Å². The number of piperidine rings is 1. The number of nitrogens with zero attached hydrogens (tertiary/aromatic N) is 1. The first-order valence-corrected chi connectivity index (χ1v) is 6.95. The molecule has 2 heterocycles. The molecule has 0 bridgehead atoms. The predicted molar refractivity (Wildman–Crippen MR) is 70.1 cm³/mol. The highest BCUT2D eigenvalue weighted by atomic mass is 32.1. The fraction of sp³-hybridized carbons (Fsp3) is 0.538. The Morgan fingerprint density at radius 1 is 1.33 bits per heavy atom. The van der Waals surface area contributed by atoms with E-state index < -0.39 is 5.97 Å². The maximum atomic E-state index is 12.3. The summed E-state index contributed by atoms with van der Waals surface area (Å²) in [7, 11) is 0. The third-order valence-electron chi connectivity index (χ3n) is 3.65. The molecule has 98 valence electrons. The van der Waals surface area contributed by atoms with Crippen molar-refractivity contribution in [3.63, 3.8) is 0 Å². The van der Waals surface area contributed by atoms with Gasteiger partial charge in [0.15, 0.2) is 0 Å². The number of carbonyl (C=O) groups excluding carboxylic acids is 1. The van der Waals surface area contributed by atoms with E-state index in [1.807, 2.05) is 19.2 Å². The van der Waals surface area contributed by atoms with Crippen molar-refractivity contribution in [2.75, 3.05) is 13.1 Å². The monoisotopic (exact) mass is 267 g/mol. The molecule has 4 nitrogen and oxygen atoms in total. The Bertz CT molecular complexity index is 473. The van der Waals surface area contributed by atoms with Crippen molar-refractivity contribution >= 4 is 23.2 Å². The summed E-state index contributed by atoms with van der Waals surface area (Å²) < 4.78 is 0. The van der Waals surface area contributed by atoms with E-state index in [0.717, 1.165) is 11.1 Å². The third kappa shape index (κ3) is 2.41. The predicted octanol–water partition coefficient (Wildman–Crippen LogP) is 2.30. The van der Waals surface area contributed by atoms with Gasteiger partial charge < -0.3 is 10.0 Å². The number of hydrogen-bond acceptors (Lipinski definition) is 3. The fourth-order valence-corrected chi connectivity index (χ4v) is 3.08. The summed E-state index contributed by atoms with van der Waals surface area (Å²) >= 11 is 1.59. The van der Waals surface area contributed by atoms with Gasteiger partial charge in [0.25, 0.3) is 5.91 Å². The summed E-state index contributed by atoms with van der Waals surface area (Å²) in [5.41, 5.74) is 1.82. The van der Waals surface area contributed by atoms with Gasteiger partial charge in [0, 0.05) is 23.3 Å². The second-order valence-corrected chi connectivity index (χ2v) is 5.82. The highest BCUT2D eigenvalue weighted by Gasteiger charge is 2.28. The zero-order valence-corrected chi connectivity index (χ0v) is 11.4. The first kappa shape index (κ1) is 13.1. The van der Waals surface area contributed by atoms with E-state index in [-0.39, 0.29) is 11.8 Å². The number of likely N-dealkylation sites (tertiary alicyclic amines) is 1. The van der Waals surface area contributed by atoms with Gasteiger partial charge in [-0.1, -0.05) is 0 Å². The molecule has 1 aliphatic rings. The summed E-state index contributed by atoms with van der Waals surface area (Å²) in [6.45, 7) is 5.06. The van der Waals surface area contributed by atoms with E-state index in [1.165, 1.54) is 4.88 Å². The van der Waals surface area contributed by atoms with Gasteiger partial charge >= 0.3 is 5.97 Å². The number of carbonyl (C=O) groups is 2. The fourth-order valence-electron chi connectivity index (χ4n) is 2.22. The average Bonchev–Trinajstić information content (AvgIpc) is 2.69. The van der Waals surface area contributed by atoms with Crippen LogP contribution in [-0.2, 0) is 4.79 Å². The van der Waals surface area contributed by atoms with Crippen molar-refractivity contribution in [3.05, 3.63) is 21.4 Å². The van der Waals surface area contributed by atoms with Crippen molar-refractivity contribution in [1.29, 1.82) is 0 Å². The van der Waals surface area contributed by atoms with Crippen LogP contribution in [0.2, 0.25) is 0 Å². The second-order valence-electron chi connectivity index (χ2n) is 4.74. The standard InChI is InChI=1S/C13H17NO3S/c1-8-9(2)18-7-11(8)12(15)14-5-3-10(4-6-14)13(16)17/h7,10H,3-6H2,1-2H3,(H,16,17). The lowest BCUT2D eigenvalue weighted by Gasteiger charge is -2.30. The number of aryl methyl sites for hydroxylation is 1. The van der Waals surface area contributed by atoms with Crippen LogP contribution < -0.4 is 0 Å². The highest BCUT2D eigenvalue weighted by molar-refractivity contribution is 7.10. The quantitative estimate of drug-likeness (QED) is 0.894. The summed E-state index contributed by atoms with van der Waals surface area (Å²) in [6, 6.07) is 0. The van der Waals surface area contributed by atoms with Crippen LogP contribution >= 0.6 is 11.3 Å². The summed E-state index contributed by atoms with van der Waals surface area (Å²) in [5, 5.41) is 10.8. The Morgan fingerprint density at radius 2 is 1.94 bits per heavy atom. The lowest BCUT2D eigenvalue weighted by Crippen LogP contribution is -2.40. The number of rotatable bonds is 2. The van der Waals surface area contributed by atoms with Crippen molar-refractivity contribution in [2.24, 2.45) is 5.92 Å². The Kier molecular flexibility index (Phi) is 3.71. The van der Waals surface area contributed by atoms with Gasteiger partial charge in [-0.2, -0.15) is 0 Å². The second kappa shape index (κ2) is 5.10. The van der Waals surface area contributed by atoms with E-state index in [0.29, 0.717) is 25.9 Å².